The lowest BCUT2D eigenvalue weighted by molar-refractivity contribution is -0.115. The van der Waals surface area contributed by atoms with Gasteiger partial charge in [0.05, 0.1) is 22.1 Å². The van der Waals surface area contributed by atoms with Crippen LogP contribution in [0.5, 0.6) is 5.75 Å². The first-order valence-corrected chi connectivity index (χ1v) is 13.2. The first-order chi connectivity index (χ1) is 16.6. The van der Waals surface area contributed by atoms with E-state index in [9.17, 15) is 22.0 Å². The predicted octanol–water partition coefficient (Wildman–Crippen LogP) is 6.05. The molecule has 1 aliphatic carbocycles. The van der Waals surface area contributed by atoms with E-state index in [-0.39, 0.29) is 39.4 Å². The van der Waals surface area contributed by atoms with Crippen LogP contribution < -0.4 is 10.1 Å². The van der Waals surface area contributed by atoms with Gasteiger partial charge in [-0.05, 0) is 66.8 Å². The molecule has 3 aromatic rings. The molecule has 1 N–H and O–H groups in total. The van der Waals surface area contributed by atoms with Crippen molar-refractivity contribution in [3.63, 3.8) is 0 Å². The van der Waals surface area contributed by atoms with Gasteiger partial charge >= 0.3 is 0 Å². The van der Waals surface area contributed by atoms with E-state index >= 15 is 0 Å². The van der Waals surface area contributed by atoms with Crippen molar-refractivity contribution in [3.8, 4) is 5.75 Å². The zero-order valence-electron chi connectivity index (χ0n) is 19.0. The van der Waals surface area contributed by atoms with Crippen LogP contribution in [0.3, 0.4) is 0 Å². The lowest BCUT2D eigenvalue weighted by Crippen LogP contribution is -2.40. The molecule has 0 aromatic heterocycles. The van der Waals surface area contributed by atoms with E-state index in [1.54, 1.807) is 25.1 Å². The number of carbonyl (C=O) groups is 1. The maximum atomic E-state index is 14.8. The normalized spacial score (nSPS) is 14.7. The van der Waals surface area contributed by atoms with Crippen LogP contribution in [0.2, 0.25) is 5.02 Å². The van der Waals surface area contributed by atoms with Crippen molar-refractivity contribution < 1.29 is 26.7 Å². The Morgan fingerprint density at radius 1 is 1.03 bits per heavy atom. The number of anilines is 1. The fourth-order valence-corrected chi connectivity index (χ4v) is 4.97. The zero-order chi connectivity index (χ0) is 25.2. The molecule has 4 rings (SSSR count). The summed E-state index contributed by atoms with van der Waals surface area (Å²) < 4.78 is 58.6. The van der Waals surface area contributed by atoms with Crippen LogP contribution in [-0.2, 0) is 26.7 Å². The number of halogens is 3. The summed E-state index contributed by atoms with van der Waals surface area (Å²) in [5.74, 6) is -1.59. The second-order valence-corrected chi connectivity index (χ2v) is 11.2. The van der Waals surface area contributed by atoms with Crippen LogP contribution in [0.15, 0.2) is 65.6 Å². The highest BCUT2D eigenvalue weighted by Gasteiger charge is 2.42. The van der Waals surface area contributed by atoms with Gasteiger partial charge in [-0.1, -0.05) is 36.7 Å². The van der Waals surface area contributed by atoms with Crippen molar-refractivity contribution >= 4 is 33.0 Å². The smallest absolute Gasteiger partial charge is 0.228 e. The molecule has 0 atom stereocenters. The molecule has 0 saturated heterocycles. The van der Waals surface area contributed by atoms with Crippen molar-refractivity contribution in [2.75, 3.05) is 11.1 Å². The number of benzene rings is 3. The average Bonchev–Trinajstić information content (AvgIpc) is 2.80. The summed E-state index contributed by atoms with van der Waals surface area (Å²) >= 11 is 5.78. The Morgan fingerprint density at radius 3 is 2.31 bits per heavy atom. The van der Waals surface area contributed by atoms with E-state index in [1.165, 1.54) is 42.5 Å². The molecule has 5 nitrogen and oxygen atoms in total. The molecule has 3 aromatic carbocycles. The van der Waals surface area contributed by atoms with E-state index in [2.05, 4.69) is 5.32 Å². The molecule has 0 unspecified atom stereocenters. The van der Waals surface area contributed by atoms with Crippen LogP contribution in [0.4, 0.5) is 14.5 Å². The van der Waals surface area contributed by atoms with Gasteiger partial charge in [-0.2, -0.15) is 0 Å². The summed E-state index contributed by atoms with van der Waals surface area (Å²) in [7, 11) is -3.31. The maximum Gasteiger partial charge on any atom is 0.228 e. The fourth-order valence-electron chi connectivity index (χ4n) is 3.97. The molecule has 1 aliphatic rings. The topological polar surface area (TPSA) is 72.5 Å². The highest BCUT2D eigenvalue weighted by Crippen LogP contribution is 2.46. The number of rotatable bonds is 8. The van der Waals surface area contributed by atoms with Gasteiger partial charge < -0.3 is 10.1 Å². The lowest BCUT2D eigenvalue weighted by atomic mass is 9.74. The Hall–Kier alpha value is -2.97. The first-order valence-electron chi connectivity index (χ1n) is 11.2. The van der Waals surface area contributed by atoms with Crippen LogP contribution in [0.25, 0.3) is 0 Å². The molecular weight excluding hydrogens is 496 g/mol. The summed E-state index contributed by atoms with van der Waals surface area (Å²) in [5, 5.41) is 2.64. The molecule has 0 aliphatic heterocycles. The highest BCUT2D eigenvalue weighted by molar-refractivity contribution is 7.91. The molecule has 0 heterocycles. The summed E-state index contributed by atoms with van der Waals surface area (Å²) in [6.45, 7) is 1.57. The number of ether oxygens (including phenoxy) is 1. The third-order valence-electron chi connectivity index (χ3n) is 6.16. The van der Waals surface area contributed by atoms with Crippen molar-refractivity contribution in [2.45, 2.75) is 43.1 Å². The maximum absolute atomic E-state index is 14.8. The first kappa shape index (κ1) is 25.1. The van der Waals surface area contributed by atoms with Gasteiger partial charge in [-0.25, -0.2) is 17.2 Å². The minimum Gasteiger partial charge on any atom is -0.480 e. The zero-order valence-corrected chi connectivity index (χ0v) is 20.6. The molecule has 0 spiro atoms. The van der Waals surface area contributed by atoms with Crippen LogP contribution in [0, 0.1) is 11.6 Å². The van der Waals surface area contributed by atoms with Gasteiger partial charge in [0.15, 0.2) is 21.4 Å². The Morgan fingerprint density at radius 2 is 1.74 bits per heavy atom. The van der Waals surface area contributed by atoms with Crippen molar-refractivity contribution in [2.24, 2.45) is 0 Å². The number of hydrogen-bond acceptors (Lipinski definition) is 4. The largest absolute Gasteiger partial charge is 0.480 e. The van der Waals surface area contributed by atoms with Crippen LogP contribution in [0.1, 0.15) is 37.3 Å². The Labute approximate surface area is 208 Å². The second kappa shape index (κ2) is 9.95. The molecule has 1 amide bonds. The number of amides is 1. The molecular formula is C26H24ClF2NO4S. The third kappa shape index (κ3) is 5.49. The SMILES string of the molecule is CCS(=O)(=O)c1ccc(CC(=O)Nc2ccc(OC3(c4ccc(Cl)c(F)c4)CCC3)c(F)c2)cc1. The quantitative estimate of drug-likeness (QED) is 0.393. The summed E-state index contributed by atoms with van der Waals surface area (Å²) in [4.78, 5) is 12.6. The minimum absolute atomic E-state index is 0.00242. The minimum atomic E-state index is -3.31. The van der Waals surface area contributed by atoms with E-state index < -0.39 is 27.1 Å². The molecule has 0 radical (unpaired) electrons. The molecule has 35 heavy (non-hydrogen) atoms. The van der Waals surface area contributed by atoms with Crippen LogP contribution in [-0.4, -0.2) is 20.1 Å². The number of sulfone groups is 1. The average molecular weight is 520 g/mol. The van der Waals surface area contributed by atoms with Crippen molar-refractivity contribution in [1.29, 1.82) is 0 Å². The lowest BCUT2D eigenvalue weighted by Gasteiger charge is -2.42. The number of hydrogen-bond donors (Lipinski definition) is 1. The third-order valence-corrected chi connectivity index (χ3v) is 8.21. The predicted molar refractivity (Wildman–Crippen MR) is 130 cm³/mol. The van der Waals surface area contributed by atoms with Crippen molar-refractivity contribution in [1.82, 2.24) is 0 Å². The van der Waals surface area contributed by atoms with Gasteiger partial charge in [-0.15, -0.1) is 0 Å². The van der Waals surface area contributed by atoms with Gasteiger partial charge in [-0.3, -0.25) is 4.79 Å². The summed E-state index contributed by atoms with van der Waals surface area (Å²) in [5.41, 5.74) is 0.652. The Balaban J connectivity index is 1.42. The second-order valence-electron chi connectivity index (χ2n) is 8.50. The standard InChI is InChI=1S/C26H24ClF2NO4S/c1-2-35(32,33)20-8-4-17(5-9-20)14-25(31)30-19-7-11-24(23(29)16-19)34-26(12-3-13-26)18-6-10-21(27)22(28)15-18/h4-11,15-16H,2-3,12-14H2,1H3,(H,30,31). The highest BCUT2D eigenvalue weighted by atomic mass is 35.5. The van der Waals surface area contributed by atoms with E-state index in [0.29, 0.717) is 24.0 Å². The number of nitrogens with one attached hydrogen (secondary N) is 1. The molecule has 9 heteroatoms. The Kier molecular flexibility index (Phi) is 7.15. The summed E-state index contributed by atoms with van der Waals surface area (Å²) in [6, 6.07) is 14.7. The van der Waals surface area contributed by atoms with Crippen LogP contribution >= 0.6 is 11.6 Å². The van der Waals surface area contributed by atoms with Gasteiger partial charge in [0.1, 0.15) is 11.4 Å². The Bertz CT molecular complexity index is 1360. The van der Waals surface area contributed by atoms with Gasteiger partial charge in [0.25, 0.3) is 0 Å². The molecule has 1 fully saturated rings. The molecule has 1 saturated carbocycles. The fraction of sp³-hybridized carbons (Fsp3) is 0.269. The molecule has 184 valence electrons. The molecule has 0 bridgehead atoms. The summed E-state index contributed by atoms with van der Waals surface area (Å²) in [6.07, 6.45) is 2.09. The monoisotopic (exact) mass is 519 g/mol. The van der Waals surface area contributed by atoms with E-state index in [0.717, 1.165) is 6.42 Å². The number of carbonyl (C=O) groups excluding carboxylic acids is 1. The van der Waals surface area contributed by atoms with E-state index in [4.69, 9.17) is 16.3 Å². The van der Waals surface area contributed by atoms with E-state index in [1.807, 2.05) is 0 Å². The van der Waals surface area contributed by atoms with Gasteiger partial charge in [0, 0.05) is 11.8 Å². The van der Waals surface area contributed by atoms with Crippen molar-refractivity contribution in [3.05, 3.63) is 88.4 Å². The van der Waals surface area contributed by atoms with Gasteiger partial charge in [0.2, 0.25) is 5.91 Å².